The van der Waals surface area contributed by atoms with Crippen molar-refractivity contribution in [1.82, 2.24) is 4.40 Å². The molecule has 4 aromatic rings. The number of ether oxygens (including phenoxy) is 2. The number of rotatable bonds is 6. The van der Waals surface area contributed by atoms with E-state index in [2.05, 4.69) is 5.32 Å². The topological polar surface area (TPSA) is 69.0 Å². The first-order valence-electron chi connectivity index (χ1n) is 9.45. The Kier molecular flexibility index (Phi) is 5.64. The number of nitrogens with zero attached hydrogens (tertiary/aromatic N) is 1. The summed E-state index contributed by atoms with van der Waals surface area (Å²) in [5.41, 5.74) is 2.84. The summed E-state index contributed by atoms with van der Waals surface area (Å²) in [5.74, 6) is -0.223. The fraction of sp³-hybridized carbons (Fsp3) is 0.0833. The van der Waals surface area contributed by atoms with Crippen LogP contribution in [0.25, 0.3) is 16.6 Å². The van der Waals surface area contributed by atoms with E-state index in [1.165, 1.54) is 7.11 Å². The smallest absolute Gasteiger partial charge is 0.298 e. The third-order valence-corrected chi connectivity index (χ3v) is 5.21. The highest BCUT2D eigenvalue weighted by molar-refractivity contribution is 6.47. The first-order valence-corrected chi connectivity index (χ1v) is 9.83. The van der Waals surface area contributed by atoms with Crippen molar-refractivity contribution in [3.63, 3.8) is 0 Å². The second kappa shape index (κ2) is 8.53. The average Bonchev–Trinajstić information content (AvgIpc) is 3.18. The van der Waals surface area contributed by atoms with Crippen molar-refractivity contribution in [2.45, 2.75) is 0 Å². The Labute approximate surface area is 184 Å². The van der Waals surface area contributed by atoms with Crippen molar-refractivity contribution in [3.8, 4) is 22.6 Å². The number of methoxy groups -OCH3 is 2. The SMILES string of the molecule is COc1ccc(NC(=O)C(=O)c2c(-c3ccc(OC)c(Cl)c3)cc3ccccn23)cc1. The maximum atomic E-state index is 13.2. The first-order chi connectivity index (χ1) is 15.0. The minimum absolute atomic E-state index is 0.253. The molecule has 0 saturated carbocycles. The predicted molar refractivity (Wildman–Crippen MR) is 120 cm³/mol. The molecule has 0 bridgehead atoms. The summed E-state index contributed by atoms with van der Waals surface area (Å²) in [7, 11) is 3.09. The number of hydrogen-bond donors (Lipinski definition) is 1. The van der Waals surface area contributed by atoms with E-state index in [4.69, 9.17) is 21.1 Å². The molecule has 1 N–H and O–H groups in total. The largest absolute Gasteiger partial charge is 0.497 e. The van der Waals surface area contributed by atoms with E-state index in [9.17, 15) is 9.59 Å². The Bertz CT molecular complexity index is 1280. The van der Waals surface area contributed by atoms with E-state index >= 15 is 0 Å². The molecule has 0 unspecified atom stereocenters. The van der Waals surface area contributed by atoms with Gasteiger partial charge in [-0.1, -0.05) is 23.7 Å². The minimum Gasteiger partial charge on any atom is -0.497 e. The minimum atomic E-state index is -0.741. The van der Waals surface area contributed by atoms with Crippen LogP contribution in [0.5, 0.6) is 11.5 Å². The van der Waals surface area contributed by atoms with Gasteiger partial charge in [0.15, 0.2) is 0 Å². The number of pyridine rings is 1. The Hall–Kier alpha value is -3.77. The number of halogens is 1. The van der Waals surface area contributed by atoms with Gasteiger partial charge in [0, 0.05) is 23.0 Å². The summed E-state index contributed by atoms with van der Waals surface area (Å²) in [5, 5.41) is 3.06. The van der Waals surface area contributed by atoms with Crippen molar-refractivity contribution in [2.24, 2.45) is 0 Å². The van der Waals surface area contributed by atoms with Crippen molar-refractivity contribution >= 4 is 34.5 Å². The van der Waals surface area contributed by atoms with Crippen LogP contribution in [0.4, 0.5) is 5.69 Å². The summed E-state index contributed by atoms with van der Waals surface area (Å²) in [6.45, 7) is 0. The molecular formula is C24H19ClN2O4. The molecule has 0 aliphatic carbocycles. The Morgan fingerprint density at radius 3 is 2.39 bits per heavy atom. The molecule has 7 heteroatoms. The molecule has 6 nitrogen and oxygen atoms in total. The third-order valence-electron chi connectivity index (χ3n) is 4.91. The molecule has 0 radical (unpaired) electrons. The molecule has 0 aliphatic rings. The number of hydrogen-bond acceptors (Lipinski definition) is 4. The lowest BCUT2D eigenvalue weighted by molar-refractivity contribution is -0.112. The number of Topliss-reactive ketones (excluding diaryl/α,β-unsaturated/α-hetero) is 1. The van der Waals surface area contributed by atoms with Crippen LogP contribution < -0.4 is 14.8 Å². The summed E-state index contributed by atoms with van der Waals surface area (Å²) < 4.78 is 12.0. The van der Waals surface area contributed by atoms with Gasteiger partial charge in [0.25, 0.3) is 11.7 Å². The van der Waals surface area contributed by atoms with Gasteiger partial charge in [0.2, 0.25) is 0 Å². The van der Waals surface area contributed by atoms with Gasteiger partial charge in [-0.15, -0.1) is 0 Å². The number of ketones is 1. The third kappa shape index (κ3) is 3.98. The van der Waals surface area contributed by atoms with Crippen LogP contribution in [0.1, 0.15) is 10.5 Å². The van der Waals surface area contributed by atoms with Crippen LogP contribution in [0.3, 0.4) is 0 Å². The number of benzene rings is 2. The molecular weight excluding hydrogens is 416 g/mol. The van der Waals surface area contributed by atoms with Gasteiger partial charge in [0.1, 0.15) is 17.2 Å². The van der Waals surface area contributed by atoms with Gasteiger partial charge >= 0.3 is 0 Å². The van der Waals surface area contributed by atoms with E-state index in [0.717, 1.165) is 5.52 Å². The Morgan fingerprint density at radius 1 is 0.935 bits per heavy atom. The molecule has 0 aliphatic heterocycles. The highest BCUT2D eigenvalue weighted by Gasteiger charge is 2.25. The molecule has 2 heterocycles. The molecule has 156 valence electrons. The zero-order chi connectivity index (χ0) is 22.0. The number of nitrogens with one attached hydrogen (secondary N) is 1. The zero-order valence-corrected chi connectivity index (χ0v) is 17.6. The first kappa shape index (κ1) is 20.5. The Morgan fingerprint density at radius 2 is 1.71 bits per heavy atom. The van der Waals surface area contributed by atoms with E-state index in [0.29, 0.717) is 33.3 Å². The zero-order valence-electron chi connectivity index (χ0n) is 16.9. The molecule has 0 saturated heterocycles. The van der Waals surface area contributed by atoms with Crippen molar-refractivity contribution in [2.75, 3.05) is 19.5 Å². The second-order valence-corrected chi connectivity index (χ2v) is 7.17. The molecule has 0 fully saturated rings. The van der Waals surface area contributed by atoms with Crippen molar-refractivity contribution in [3.05, 3.63) is 83.6 Å². The van der Waals surface area contributed by atoms with E-state index < -0.39 is 11.7 Å². The maximum absolute atomic E-state index is 13.2. The summed E-state index contributed by atoms with van der Waals surface area (Å²) in [6.07, 6.45) is 1.75. The number of carbonyl (C=O) groups is 2. The molecule has 31 heavy (non-hydrogen) atoms. The van der Waals surface area contributed by atoms with Gasteiger partial charge in [-0.3, -0.25) is 9.59 Å². The van der Waals surface area contributed by atoms with Gasteiger partial charge in [-0.05, 0) is 60.2 Å². The van der Waals surface area contributed by atoms with Crippen LogP contribution >= 0.6 is 11.6 Å². The average molecular weight is 435 g/mol. The van der Waals surface area contributed by atoms with Gasteiger partial charge in [0.05, 0.1) is 19.2 Å². The van der Waals surface area contributed by atoms with E-state index in [-0.39, 0.29) is 5.69 Å². The fourth-order valence-electron chi connectivity index (χ4n) is 3.38. The molecule has 2 aromatic heterocycles. The lowest BCUT2D eigenvalue weighted by Gasteiger charge is -2.09. The number of amides is 1. The van der Waals surface area contributed by atoms with Crippen LogP contribution in [-0.4, -0.2) is 30.3 Å². The number of aromatic nitrogens is 1. The monoisotopic (exact) mass is 434 g/mol. The predicted octanol–water partition coefficient (Wildman–Crippen LogP) is 5.10. The van der Waals surface area contributed by atoms with Gasteiger partial charge in [-0.25, -0.2) is 0 Å². The van der Waals surface area contributed by atoms with E-state index in [1.807, 2.05) is 18.2 Å². The molecule has 0 spiro atoms. The normalized spacial score (nSPS) is 10.7. The van der Waals surface area contributed by atoms with Crippen LogP contribution in [0, 0.1) is 0 Å². The summed E-state index contributed by atoms with van der Waals surface area (Å²) in [4.78, 5) is 26.0. The maximum Gasteiger partial charge on any atom is 0.298 e. The summed E-state index contributed by atoms with van der Waals surface area (Å²) >= 11 is 6.30. The standard InChI is InChI=1S/C24H19ClN2O4/c1-30-18-9-7-16(8-10-18)26-24(29)23(28)22-19(14-17-5-3-4-12-27(17)22)15-6-11-21(31-2)20(25)13-15/h3-14H,1-2H3,(H,26,29). The van der Waals surface area contributed by atoms with Gasteiger partial charge < -0.3 is 19.2 Å². The highest BCUT2D eigenvalue weighted by Crippen LogP contribution is 2.34. The lowest BCUT2D eigenvalue weighted by Crippen LogP contribution is -2.24. The number of fused-ring (bicyclic) bond motifs is 1. The molecule has 0 atom stereocenters. The molecule has 4 rings (SSSR count). The summed E-state index contributed by atoms with van der Waals surface area (Å²) in [6, 6.07) is 19.4. The van der Waals surface area contributed by atoms with Crippen molar-refractivity contribution < 1.29 is 19.1 Å². The molecule has 1 amide bonds. The van der Waals surface area contributed by atoms with Crippen LogP contribution in [-0.2, 0) is 4.79 Å². The van der Waals surface area contributed by atoms with Crippen LogP contribution in [0.2, 0.25) is 5.02 Å². The fourth-order valence-corrected chi connectivity index (χ4v) is 3.64. The molecule has 2 aromatic carbocycles. The van der Waals surface area contributed by atoms with E-state index in [1.54, 1.807) is 66.2 Å². The quantitative estimate of drug-likeness (QED) is 0.338. The van der Waals surface area contributed by atoms with Gasteiger partial charge in [-0.2, -0.15) is 0 Å². The van der Waals surface area contributed by atoms with Crippen LogP contribution in [0.15, 0.2) is 72.9 Å². The lowest BCUT2D eigenvalue weighted by atomic mass is 10.0. The number of carbonyl (C=O) groups excluding carboxylic acids is 2. The Balaban J connectivity index is 1.74. The van der Waals surface area contributed by atoms with Crippen molar-refractivity contribution in [1.29, 1.82) is 0 Å². The number of anilines is 1. The second-order valence-electron chi connectivity index (χ2n) is 6.76. The highest BCUT2D eigenvalue weighted by atomic mass is 35.5.